The van der Waals surface area contributed by atoms with Crippen LogP contribution in [0.25, 0.3) is 10.9 Å². The summed E-state index contributed by atoms with van der Waals surface area (Å²) in [4.78, 5) is 12.7. The molecule has 0 amide bonds. The number of rotatable bonds is 17. The van der Waals surface area contributed by atoms with Crippen LogP contribution in [0.5, 0.6) is 0 Å². The molecule has 1 N–H and O–H groups in total. The Morgan fingerprint density at radius 2 is 1.36 bits per heavy atom. The second kappa shape index (κ2) is 18.4. The summed E-state index contributed by atoms with van der Waals surface area (Å²) < 4.78 is 65.1. The first-order valence-corrected chi connectivity index (χ1v) is 23.3. The molecule has 0 fully saturated rings. The van der Waals surface area contributed by atoms with Crippen LogP contribution in [0.1, 0.15) is 60.3 Å². The van der Waals surface area contributed by atoms with Gasteiger partial charge in [0, 0.05) is 24.0 Å². The van der Waals surface area contributed by atoms with E-state index in [-0.39, 0.29) is 59.4 Å². The molecule has 58 heavy (non-hydrogen) atoms. The minimum absolute atomic E-state index is 0.0251. The van der Waals surface area contributed by atoms with Crippen LogP contribution in [0.2, 0.25) is 15.1 Å². The van der Waals surface area contributed by atoms with Gasteiger partial charge in [-0.05, 0) is 97.8 Å². The lowest BCUT2D eigenvalue weighted by Gasteiger charge is -2.25. The van der Waals surface area contributed by atoms with Gasteiger partial charge in [0.05, 0.1) is 55.0 Å². The van der Waals surface area contributed by atoms with Gasteiger partial charge in [-0.3, -0.25) is 4.79 Å². The number of hydrogen-bond donors (Lipinski definition) is 1. The van der Waals surface area contributed by atoms with Crippen LogP contribution >= 0.6 is 34.8 Å². The van der Waals surface area contributed by atoms with Gasteiger partial charge >= 0.3 is 5.97 Å². The van der Waals surface area contributed by atoms with Gasteiger partial charge in [-0.15, -0.1) is 0 Å². The number of esters is 1. The van der Waals surface area contributed by atoms with Crippen molar-refractivity contribution >= 4 is 71.5 Å². The van der Waals surface area contributed by atoms with E-state index in [2.05, 4.69) is 9.29 Å². The second-order valence-corrected chi connectivity index (χ2v) is 19.9. The summed E-state index contributed by atoms with van der Waals surface area (Å²) in [5, 5.41) is 1.76. The molecule has 0 spiro atoms. The monoisotopic (exact) mass is 878 g/mol. The third-order valence-electron chi connectivity index (χ3n) is 10.1. The molecule has 6 aromatic rings. The first kappa shape index (κ1) is 43.4. The van der Waals surface area contributed by atoms with Crippen molar-refractivity contribution in [1.82, 2.24) is 9.29 Å². The van der Waals surface area contributed by atoms with E-state index in [1.807, 2.05) is 72.8 Å². The Kier molecular flexibility index (Phi) is 13.8. The molecular weight excluding hydrogens is 835 g/mol. The highest BCUT2D eigenvalue weighted by Gasteiger charge is 2.31. The third-order valence-corrected chi connectivity index (χ3v) is 14.2. The molecule has 6 rings (SSSR count). The van der Waals surface area contributed by atoms with Crippen molar-refractivity contribution in [3.8, 4) is 0 Å². The lowest BCUT2D eigenvalue weighted by molar-refractivity contribution is -0.153. The van der Waals surface area contributed by atoms with E-state index in [0.717, 1.165) is 33.5 Å². The minimum Gasteiger partial charge on any atom is -0.466 e. The van der Waals surface area contributed by atoms with Crippen LogP contribution < -0.4 is 4.72 Å². The molecule has 304 valence electrons. The van der Waals surface area contributed by atoms with E-state index in [4.69, 9.17) is 39.5 Å². The van der Waals surface area contributed by atoms with Crippen LogP contribution in [-0.2, 0) is 54.4 Å². The maximum Gasteiger partial charge on any atom is 0.311 e. The summed E-state index contributed by atoms with van der Waals surface area (Å²) in [5.41, 5.74) is 4.74. The molecule has 0 saturated heterocycles. The summed E-state index contributed by atoms with van der Waals surface area (Å²) in [6.45, 7) is 5.66. The fourth-order valence-corrected chi connectivity index (χ4v) is 10.3. The van der Waals surface area contributed by atoms with Crippen molar-refractivity contribution in [3.05, 3.63) is 170 Å². The normalized spacial score (nSPS) is 12.3. The predicted molar refractivity (Wildman–Crippen MR) is 234 cm³/mol. The largest absolute Gasteiger partial charge is 0.466 e. The summed E-state index contributed by atoms with van der Waals surface area (Å²) in [6, 6.07) is 36.5. The van der Waals surface area contributed by atoms with Crippen molar-refractivity contribution in [3.63, 3.8) is 0 Å². The topological polar surface area (TPSA) is 112 Å². The van der Waals surface area contributed by atoms with Gasteiger partial charge in [0.2, 0.25) is 10.0 Å². The molecule has 0 saturated carbocycles. The van der Waals surface area contributed by atoms with Crippen molar-refractivity contribution in [2.45, 2.75) is 56.7 Å². The predicted octanol–water partition coefficient (Wildman–Crippen LogP) is 10.0. The van der Waals surface area contributed by atoms with Gasteiger partial charge in [-0.25, -0.2) is 21.6 Å². The summed E-state index contributed by atoms with van der Waals surface area (Å²) in [5.74, 6) is -0.858. The van der Waals surface area contributed by atoms with Crippen LogP contribution in [0, 0.1) is 5.41 Å². The Balaban J connectivity index is 1.39. The molecule has 0 atom stereocenters. The molecule has 5 aromatic carbocycles. The van der Waals surface area contributed by atoms with E-state index in [9.17, 15) is 21.6 Å². The molecule has 0 aliphatic carbocycles. The number of carbonyl (C=O) groups is 1. The molecule has 0 aliphatic rings. The number of ether oxygens (including phenoxy) is 1. The van der Waals surface area contributed by atoms with Crippen molar-refractivity contribution < 1.29 is 26.4 Å². The summed E-state index contributed by atoms with van der Waals surface area (Å²) in [7, 11) is -7.64. The number of nitrogens with zero attached hydrogens (tertiary/aromatic N) is 1. The van der Waals surface area contributed by atoms with E-state index in [0.29, 0.717) is 27.4 Å². The number of fused-ring (bicyclic) bond motifs is 1. The second-order valence-electron chi connectivity index (χ2n) is 14.8. The van der Waals surface area contributed by atoms with Crippen LogP contribution in [0.3, 0.4) is 0 Å². The van der Waals surface area contributed by atoms with Gasteiger partial charge in [-0.2, -0.15) is 0 Å². The average Bonchev–Trinajstić information content (AvgIpc) is 3.50. The SMILES string of the molecule is CCOC(=O)C(C)(C)Cc1ccc(S(=O)(=O)CCc2c(CCNS(=O)(=O)Cc3ccc(Cl)c(Cl)c3)n(C(c3ccccc3)c3ccccc3)c3cccc(Cl)c23)cc1. The number of carbonyl (C=O) groups excluding carboxylic acids is 1. The summed E-state index contributed by atoms with van der Waals surface area (Å²) >= 11 is 19.3. The molecule has 13 heteroatoms. The number of hydrogen-bond acceptors (Lipinski definition) is 6. The number of halogens is 3. The molecule has 0 radical (unpaired) electrons. The molecule has 0 unspecified atom stereocenters. The molecule has 1 heterocycles. The highest BCUT2D eigenvalue weighted by molar-refractivity contribution is 7.91. The van der Waals surface area contributed by atoms with E-state index in [1.54, 1.807) is 63.2 Å². The van der Waals surface area contributed by atoms with Gasteiger partial charge < -0.3 is 9.30 Å². The van der Waals surface area contributed by atoms with E-state index in [1.165, 1.54) is 6.07 Å². The third kappa shape index (κ3) is 10.2. The average molecular weight is 880 g/mol. The number of sulfone groups is 1. The maximum absolute atomic E-state index is 14.1. The first-order chi connectivity index (χ1) is 27.6. The first-order valence-electron chi connectivity index (χ1n) is 18.9. The zero-order valence-corrected chi connectivity index (χ0v) is 36.3. The van der Waals surface area contributed by atoms with E-state index >= 15 is 0 Å². The number of benzene rings is 5. The Morgan fingerprint density at radius 1 is 0.741 bits per heavy atom. The Labute approximate surface area is 356 Å². The highest BCUT2D eigenvalue weighted by Crippen LogP contribution is 2.40. The van der Waals surface area contributed by atoms with Gasteiger partial charge in [0.25, 0.3) is 0 Å². The van der Waals surface area contributed by atoms with Gasteiger partial charge in [-0.1, -0.05) is 120 Å². The van der Waals surface area contributed by atoms with Crippen LogP contribution in [-0.4, -0.2) is 46.3 Å². The van der Waals surface area contributed by atoms with Crippen molar-refractivity contribution in [1.29, 1.82) is 0 Å². The van der Waals surface area contributed by atoms with E-state index < -0.39 is 25.3 Å². The van der Waals surface area contributed by atoms with Crippen LogP contribution in [0.4, 0.5) is 0 Å². The Hall–Kier alpha value is -4.16. The molecule has 1 aromatic heterocycles. The minimum atomic E-state index is -3.83. The van der Waals surface area contributed by atoms with Gasteiger partial charge in [0.15, 0.2) is 9.84 Å². The lowest BCUT2D eigenvalue weighted by Crippen LogP contribution is -2.29. The zero-order chi connectivity index (χ0) is 41.7. The zero-order valence-electron chi connectivity index (χ0n) is 32.4. The quantitative estimate of drug-likeness (QED) is 0.0914. The number of aromatic nitrogens is 1. The smallest absolute Gasteiger partial charge is 0.311 e. The standard InChI is InChI=1S/C45H45Cl3N2O6S2/c1-4-56-44(51)45(2,3)29-31-18-21-35(22-19-31)57(52,53)27-25-36-40(24-26-49-58(54,55)30-32-20-23-37(46)39(48)28-32)50(41-17-11-16-38(47)42(36)41)43(33-12-7-5-8-13-33)34-14-9-6-10-15-34/h5-23,28,43,49H,4,24-27,29-30H2,1-3H3. The maximum atomic E-state index is 14.1. The number of sulfonamides is 1. The number of aryl methyl sites for hydroxylation is 1. The summed E-state index contributed by atoms with van der Waals surface area (Å²) in [6.07, 6.45) is 0.714. The molecule has 0 bridgehead atoms. The Morgan fingerprint density at radius 3 is 1.97 bits per heavy atom. The van der Waals surface area contributed by atoms with Crippen molar-refractivity contribution in [2.24, 2.45) is 5.41 Å². The van der Waals surface area contributed by atoms with Crippen molar-refractivity contribution in [2.75, 3.05) is 18.9 Å². The van der Waals surface area contributed by atoms with Crippen LogP contribution in [0.15, 0.2) is 126 Å². The molecule has 8 nitrogen and oxygen atoms in total. The lowest BCUT2D eigenvalue weighted by atomic mass is 9.86. The fourth-order valence-electron chi connectivity index (χ4n) is 7.35. The van der Waals surface area contributed by atoms with Gasteiger partial charge in [0.1, 0.15) is 0 Å². The molecular formula is C45H45Cl3N2O6S2. The Bertz CT molecular complexity index is 2580. The number of nitrogens with one attached hydrogen (secondary N) is 1. The highest BCUT2D eigenvalue weighted by atomic mass is 35.5. The fraction of sp³-hybridized carbons (Fsp3) is 0.267. The molecule has 0 aliphatic heterocycles.